The molecule has 2 heterocycles. The molecule has 1 aliphatic rings. The van der Waals surface area contributed by atoms with Crippen LogP contribution in [0, 0.1) is 6.92 Å². The van der Waals surface area contributed by atoms with Crippen LogP contribution in [0.5, 0.6) is 0 Å². The third-order valence-corrected chi connectivity index (χ3v) is 5.37. The van der Waals surface area contributed by atoms with E-state index in [-0.39, 0.29) is 11.5 Å². The number of thioether (sulfide) groups is 1. The van der Waals surface area contributed by atoms with Gasteiger partial charge in [0.05, 0.1) is 0 Å². The van der Waals surface area contributed by atoms with Gasteiger partial charge < -0.3 is 4.90 Å². The van der Waals surface area contributed by atoms with Crippen LogP contribution in [0.3, 0.4) is 0 Å². The lowest BCUT2D eigenvalue weighted by molar-refractivity contribution is 0.0759. The summed E-state index contributed by atoms with van der Waals surface area (Å²) in [5.74, 6) is 0.779. The average Bonchev–Trinajstić information content (AvgIpc) is 2.81. The Bertz CT molecular complexity index is 739. The maximum Gasteiger partial charge on any atom is 0.274 e. The molecule has 3 rings (SSSR count). The number of aryl methyl sites for hydroxylation is 1. The Morgan fingerprint density at radius 3 is 2.83 bits per heavy atom. The van der Waals surface area contributed by atoms with E-state index in [2.05, 4.69) is 41.4 Å². The van der Waals surface area contributed by atoms with Crippen LogP contribution in [-0.2, 0) is 0 Å². The summed E-state index contributed by atoms with van der Waals surface area (Å²) < 4.78 is 0. The number of nitrogens with one attached hydrogen (secondary N) is 1. The van der Waals surface area contributed by atoms with Crippen molar-refractivity contribution in [1.29, 1.82) is 0 Å². The molecule has 1 aromatic carbocycles. The van der Waals surface area contributed by atoms with Gasteiger partial charge in [-0.15, -0.1) is 0 Å². The molecule has 2 aromatic rings. The molecule has 1 aromatic heterocycles. The second-order valence-electron chi connectivity index (χ2n) is 5.60. The lowest BCUT2D eigenvalue weighted by Crippen LogP contribution is -2.34. The second-order valence-corrected chi connectivity index (χ2v) is 6.91. The zero-order valence-electron chi connectivity index (χ0n) is 13.0. The topological polar surface area (TPSA) is 66.1 Å². The van der Waals surface area contributed by atoms with E-state index in [1.807, 2.05) is 16.7 Å². The van der Waals surface area contributed by atoms with E-state index in [1.54, 1.807) is 0 Å². The van der Waals surface area contributed by atoms with Crippen LogP contribution in [0.25, 0.3) is 0 Å². The van der Waals surface area contributed by atoms with Crippen molar-refractivity contribution in [2.45, 2.75) is 18.6 Å². The summed E-state index contributed by atoms with van der Waals surface area (Å²) in [6.07, 6.45) is 0.921. The molecule has 0 spiro atoms. The highest BCUT2D eigenvalue weighted by Crippen LogP contribution is 2.36. The molecule has 1 amide bonds. The Labute approximate surface area is 139 Å². The fourth-order valence-electron chi connectivity index (χ4n) is 2.80. The number of rotatable bonds is 2. The van der Waals surface area contributed by atoms with Gasteiger partial charge in [-0.1, -0.05) is 24.3 Å². The number of H-pyrrole nitrogens is 1. The first-order valence-electron chi connectivity index (χ1n) is 7.67. The van der Waals surface area contributed by atoms with Crippen molar-refractivity contribution in [1.82, 2.24) is 15.1 Å². The molecule has 1 saturated heterocycles. The van der Waals surface area contributed by atoms with Gasteiger partial charge in [-0.2, -0.15) is 16.9 Å². The molecule has 1 aliphatic heterocycles. The van der Waals surface area contributed by atoms with E-state index in [1.165, 1.54) is 23.3 Å². The Kier molecular flexibility index (Phi) is 4.81. The summed E-state index contributed by atoms with van der Waals surface area (Å²) in [5, 5.41) is 6.57. The van der Waals surface area contributed by atoms with Gasteiger partial charge in [0.25, 0.3) is 11.5 Å². The Balaban J connectivity index is 1.71. The predicted molar refractivity (Wildman–Crippen MR) is 91.8 cm³/mol. The van der Waals surface area contributed by atoms with Gasteiger partial charge in [0.15, 0.2) is 0 Å². The molecule has 0 aliphatic carbocycles. The number of hydrogen-bond acceptors (Lipinski definition) is 4. The maximum atomic E-state index is 12.5. The summed E-state index contributed by atoms with van der Waals surface area (Å²) in [7, 11) is 0. The van der Waals surface area contributed by atoms with E-state index in [9.17, 15) is 9.59 Å². The van der Waals surface area contributed by atoms with Crippen molar-refractivity contribution < 1.29 is 4.79 Å². The molecule has 0 bridgehead atoms. The second kappa shape index (κ2) is 7.00. The Morgan fingerprint density at radius 1 is 1.26 bits per heavy atom. The highest BCUT2D eigenvalue weighted by Gasteiger charge is 2.24. The number of hydrogen-bond donors (Lipinski definition) is 1. The SMILES string of the molecule is Cc1ccccc1C1CCN(C(=O)c2ccc(=O)[nH]n2)CCS1. The van der Waals surface area contributed by atoms with Gasteiger partial charge in [0.1, 0.15) is 5.69 Å². The largest absolute Gasteiger partial charge is 0.336 e. The Morgan fingerprint density at radius 2 is 2.09 bits per heavy atom. The molecule has 1 N–H and O–H groups in total. The van der Waals surface area contributed by atoms with Gasteiger partial charge in [0, 0.05) is 30.2 Å². The molecule has 120 valence electrons. The van der Waals surface area contributed by atoms with Gasteiger partial charge >= 0.3 is 0 Å². The minimum absolute atomic E-state index is 0.118. The molecule has 5 nitrogen and oxygen atoms in total. The first-order valence-corrected chi connectivity index (χ1v) is 8.72. The summed E-state index contributed by atoms with van der Waals surface area (Å²) in [5.41, 5.74) is 2.65. The molecule has 6 heteroatoms. The zero-order chi connectivity index (χ0) is 16.2. The monoisotopic (exact) mass is 329 g/mol. The van der Waals surface area contributed by atoms with Crippen LogP contribution in [0.1, 0.15) is 33.3 Å². The average molecular weight is 329 g/mol. The summed E-state index contributed by atoms with van der Waals surface area (Å²) in [6.45, 7) is 3.53. The smallest absolute Gasteiger partial charge is 0.274 e. The van der Waals surface area contributed by atoms with Crippen LogP contribution in [0.4, 0.5) is 0 Å². The Hall–Kier alpha value is -2.08. The van der Waals surface area contributed by atoms with E-state index < -0.39 is 0 Å². The predicted octanol–water partition coefficient (Wildman–Crippen LogP) is 2.40. The van der Waals surface area contributed by atoms with Crippen molar-refractivity contribution in [3.8, 4) is 0 Å². The van der Waals surface area contributed by atoms with E-state index in [0.717, 1.165) is 12.2 Å². The van der Waals surface area contributed by atoms with Crippen molar-refractivity contribution >= 4 is 17.7 Å². The number of aromatic nitrogens is 2. The van der Waals surface area contributed by atoms with Gasteiger partial charge in [-0.05, 0) is 30.5 Å². The molecular weight excluding hydrogens is 310 g/mol. The van der Waals surface area contributed by atoms with E-state index in [0.29, 0.717) is 24.0 Å². The standard InChI is InChI=1S/C17H19N3O2S/c1-12-4-2-3-5-13(12)15-8-9-20(10-11-23-15)17(22)14-6-7-16(21)19-18-14/h2-7,15H,8-11H2,1H3,(H,19,21). The maximum absolute atomic E-state index is 12.5. The number of benzene rings is 1. The van der Waals surface area contributed by atoms with Crippen LogP contribution in [0.15, 0.2) is 41.2 Å². The lowest BCUT2D eigenvalue weighted by atomic mass is 10.0. The van der Waals surface area contributed by atoms with Gasteiger partial charge in [-0.3, -0.25) is 9.59 Å². The number of carbonyl (C=O) groups is 1. The van der Waals surface area contributed by atoms with Crippen molar-refractivity contribution in [3.05, 3.63) is 63.6 Å². The molecule has 0 saturated carbocycles. The highest BCUT2D eigenvalue weighted by atomic mass is 32.2. The first-order chi connectivity index (χ1) is 11.1. The molecule has 1 fully saturated rings. The summed E-state index contributed by atoms with van der Waals surface area (Å²) in [4.78, 5) is 25.4. The van der Waals surface area contributed by atoms with Crippen LogP contribution >= 0.6 is 11.8 Å². The zero-order valence-corrected chi connectivity index (χ0v) is 13.8. The highest BCUT2D eigenvalue weighted by molar-refractivity contribution is 7.99. The third kappa shape index (κ3) is 3.64. The van der Waals surface area contributed by atoms with Crippen molar-refractivity contribution in [2.24, 2.45) is 0 Å². The first kappa shape index (κ1) is 15.8. The number of carbonyl (C=O) groups excluding carboxylic acids is 1. The van der Waals surface area contributed by atoms with Crippen molar-refractivity contribution in [3.63, 3.8) is 0 Å². The molecule has 1 atom stereocenters. The minimum atomic E-state index is -0.299. The van der Waals surface area contributed by atoms with Gasteiger partial charge in [0.2, 0.25) is 0 Å². The quantitative estimate of drug-likeness (QED) is 0.919. The van der Waals surface area contributed by atoms with Crippen LogP contribution in [0.2, 0.25) is 0 Å². The van der Waals surface area contributed by atoms with E-state index in [4.69, 9.17) is 0 Å². The van der Waals surface area contributed by atoms with Crippen LogP contribution in [-0.4, -0.2) is 39.8 Å². The van der Waals surface area contributed by atoms with Crippen LogP contribution < -0.4 is 5.56 Å². The lowest BCUT2D eigenvalue weighted by Gasteiger charge is -2.20. The summed E-state index contributed by atoms with van der Waals surface area (Å²) >= 11 is 1.90. The molecule has 0 radical (unpaired) electrons. The fraction of sp³-hybridized carbons (Fsp3) is 0.353. The van der Waals surface area contributed by atoms with Crippen molar-refractivity contribution in [2.75, 3.05) is 18.8 Å². The normalized spacial score (nSPS) is 18.5. The molecule has 23 heavy (non-hydrogen) atoms. The third-order valence-electron chi connectivity index (χ3n) is 4.06. The number of amides is 1. The minimum Gasteiger partial charge on any atom is -0.336 e. The summed E-state index contributed by atoms with van der Waals surface area (Å²) in [6, 6.07) is 11.3. The molecule has 1 unspecified atom stereocenters. The van der Waals surface area contributed by atoms with Gasteiger partial charge in [-0.25, -0.2) is 5.10 Å². The fourth-order valence-corrected chi connectivity index (χ4v) is 4.12. The number of aromatic amines is 1. The van der Waals surface area contributed by atoms with E-state index >= 15 is 0 Å². The molecular formula is C17H19N3O2S. The number of nitrogens with zero attached hydrogens (tertiary/aromatic N) is 2.